The van der Waals surface area contributed by atoms with Crippen molar-refractivity contribution in [2.24, 2.45) is 5.84 Å². The van der Waals surface area contributed by atoms with E-state index in [0.717, 1.165) is 25.0 Å². The second-order valence-electron chi connectivity index (χ2n) is 3.84. The summed E-state index contributed by atoms with van der Waals surface area (Å²) in [5.41, 5.74) is 3.91. The van der Waals surface area contributed by atoms with E-state index in [1.54, 1.807) is 6.20 Å². The summed E-state index contributed by atoms with van der Waals surface area (Å²) >= 11 is 0. The lowest BCUT2D eigenvalue weighted by Crippen LogP contribution is -2.39. The van der Waals surface area contributed by atoms with Gasteiger partial charge in [-0.2, -0.15) is 0 Å². The van der Waals surface area contributed by atoms with E-state index in [9.17, 15) is 0 Å². The molecule has 2 unspecified atom stereocenters. The summed E-state index contributed by atoms with van der Waals surface area (Å²) in [7, 11) is 0. The van der Waals surface area contributed by atoms with Gasteiger partial charge in [-0.25, -0.2) is 0 Å². The first-order valence-electron chi connectivity index (χ1n) is 5.39. The van der Waals surface area contributed by atoms with Gasteiger partial charge in [0, 0.05) is 19.0 Å². The molecule has 2 rings (SSSR count). The highest BCUT2D eigenvalue weighted by Crippen LogP contribution is 2.25. The van der Waals surface area contributed by atoms with E-state index in [1.807, 2.05) is 18.3 Å². The third-order valence-electron chi connectivity index (χ3n) is 2.81. The molecule has 2 atom stereocenters. The van der Waals surface area contributed by atoms with E-state index in [4.69, 9.17) is 10.6 Å². The van der Waals surface area contributed by atoms with Crippen LogP contribution in [0.1, 0.15) is 30.9 Å². The Morgan fingerprint density at radius 1 is 1.53 bits per heavy atom. The summed E-state index contributed by atoms with van der Waals surface area (Å²) in [6, 6.07) is 4.00. The summed E-state index contributed by atoms with van der Waals surface area (Å²) in [6.07, 6.45) is 7.20. The van der Waals surface area contributed by atoms with E-state index in [-0.39, 0.29) is 12.1 Å². The van der Waals surface area contributed by atoms with Crippen LogP contribution in [0.5, 0.6) is 0 Å². The maximum Gasteiger partial charge on any atom is 0.0783 e. The smallest absolute Gasteiger partial charge is 0.0783 e. The second kappa shape index (κ2) is 5.21. The van der Waals surface area contributed by atoms with Crippen molar-refractivity contribution >= 4 is 0 Å². The van der Waals surface area contributed by atoms with Gasteiger partial charge >= 0.3 is 0 Å². The molecule has 2 heterocycles. The molecule has 1 aliphatic heterocycles. The minimum absolute atomic E-state index is 0.0546. The monoisotopic (exact) mass is 207 g/mol. The van der Waals surface area contributed by atoms with Crippen LogP contribution in [0.3, 0.4) is 0 Å². The summed E-state index contributed by atoms with van der Waals surface area (Å²) in [4.78, 5) is 4.10. The fourth-order valence-electron chi connectivity index (χ4n) is 2.01. The van der Waals surface area contributed by atoms with Crippen LogP contribution in [-0.4, -0.2) is 17.7 Å². The van der Waals surface area contributed by atoms with Gasteiger partial charge in [0.05, 0.1) is 12.1 Å². The Morgan fingerprint density at radius 3 is 3.07 bits per heavy atom. The quantitative estimate of drug-likeness (QED) is 0.576. The lowest BCUT2D eigenvalue weighted by Gasteiger charge is -2.30. The fraction of sp³-hybridized carbons (Fsp3) is 0.545. The minimum Gasteiger partial charge on any atom is -0.376 e. The van der Waals surface area contributed by atoms with E-state index in [0.29, 0.717) is 0 Å². The van der Waals surface area contributed by atoms with Gasteiger partial charge in [0.25, 0.3) is 0 Å². The SMILES string of the molecule is NNC(c1cccnc1)C1CCCCO1. The predicted octanol–water partition coefficient (Wildman–Crippen LogP) is 1.16. The largest absolute Gasteiger partial charge is 0.376 e. The number of aromatic nitrogens is 1. The summed E-state index contributed by atoms with van der Waals surface area (Å²) < 4.78 is 5.72. The number of nitrogens with one attached hydrogen (secondary N) is 1. The third-order valence-corrected chi connectivity index (χ3v) is 2.81. The van der Waals surface area contributed by atoms with Crippen LogP contribution in [0.25, 0.3) is 0 Å². The topological polar surface area (TPSA) is 60.2 Å². The first-order chi connectivity index (χ1) is 7.42. The Bertz CT molecular complexity index is 285. The maximum absolute atomic E-state index is 5.72. The number of nitrogens with zero attached hydrogens (tertiary/aromatic N) is 1. The molecule has 0 bridgehead atoms. The molecule has 0 spiro atoms. The molecule has 0 radical (unpaired) electrons. The molecule has 4 heteroatoms. The lowest BCUT2D eigenvalue weighted by molar-refractivity contribution is -0.00828. The third kappa shape index (κ3) is 2.53. The molecule has 15 heavy (non-hydrogen) atoms. The van der Waals surface area contributed by atoms with Crippen LogP contribution in [0.15, 0.2) is 24.5 Å². The highest BCUT2D eigenvalue weighted by atomic mass is 16.5. The molecule has 1 aliphatic rings. The molecule has 1 aromatic rings. The normalized spacial score (nSPS) is 23.7. The van der Waals surface area contributed by atoms with Gasteiger partial charge in [0.15, 0.2) is 0 Å². The number of hydrogen-bond acceptors (Lipinski definition) is 4. The van der Waals surface area contributed by atoms with Crippen molar-refractivity contribution in [1.82, 2.24) is 10.4 Å². The predicted molar refractivity (Wildman–Crippen MR) is 57.9 cm³/mol. The van der Waals surface area contributed by atoms with Crippen molar-refractivity contribution in [3.63, 3.8) is 0 Å². The van der Waals surface area contributed by atoms with E-state index < -0.39 is 0 Å². The highest BCUT2D eigenvalue weighted by Gasteiger charge is 2.24. The molecular weight excluding hydrogens is 190 g/mol. The van der Waals surface area contributed by atoms with Gasteiger partial charge in [-0.1, -0.05) is 6.07 Å². The number of nitrogens with two attached hydrogens (primary N) is 1. The van der Waals surface area contributed by atoms with Crippen molar-refractivity contribution < 1.29 is 4.74 Å². The van der Waals surface area contributed by atoms with E-state index in [2.05, 4.69) is 10.4 Å². The van der Waals surface area contributed by atoms with Crippen molar-refractivity contribution in [1.29, 1.82) is 0 Å². The van der Waals surface area contributed by atoms with Crippen LogP contribution in [0.2, 0.25) is 0 Å². The average Bonchev–Trinajstić information content (AvgIpc) is 2.33. The van der Waals surface area contributed by atoms with Crippen LogP contribution in [-0.2, 0) is 4.74 Å². The van der Waals surface area contributed by atoms with Gasteiger partial charge in [-0.15, -0.1) is 0 Å². The number of ether oxygens (including phenoxy) is 1. The van der Waals surface area contributed by atoms with Gasteiger partial charge in [-0.05, 0) is 30.9 Å². The van der Waals surface area contributed by atoms with Crippen molar-refractivity contribution in [2.45, 2.75) is 31.4 Å². The first kappa shape index (κ1) is 10.5. The van der Waals surface area contributed by atoms with Crippen LogP contribution >= 0.6 is 0 Å². The van der Waals surface area contributed by atoms with Gasteiger partial charge < -0.3 is 4.74 Å². The Hall–Kier alpha value is -0.970. The Kier molecular flexibility index (Phi) is 3.66. The first-order valence-corrected chi connectivity index (χ1v) is 5.39. The van der Waals surface area contributed by atoms with E-state index >= 15 is 0 Å². The zero-order chi connectivity index (χ0) is 10.5. The molecule has 1 fully saturated rings. The summed E-state index contributed by atoms with van der Waals surface area (Å²) in [5, 5.41) is 0. The second-order valence-corrected chi connectivity index (χ2v) is 3.84. The van der Waals surface area contributed by atoms with Crippen molar-refractivity contribution in [3.8, 4) is 0 Å². The van der Waals surface area contributed by atoms with E-state index in [1.165, 1.54) is 6.42 Å². The zero-order valence-electron chi connectivity index (χ0n) is 8.73. The van der Waals surface area contributed by atoms with Crippen LogP contribution in [0, 0.1) is 0 Å². The highest BCUT2D eigenvalue weighted by molar-refractivity contribution is 5.15. The Balaban J connectivity index is 2.09. The van der Waals surface area contributed by atoms with Crippen LogP contribution in [0.4, 0.5) is 0 Å². The standard InChI is InChI=1S/C11H17N3O/c12-14-11(9-4-3-6-13-8-9)10-5-1-2-7-15-10/h3-4,6,8,10-11,14H,1-2,5,7,12H2. The number of hydrogen-bond donors (Lipinski definition) is 2. The lowest BCUT2D eigenvalue weighted by atomic mass is 9.97. The average molecular weight is 207 g/mol. The van der Waals surface area contributed by atoms with Gasteiger partial charge in [0.1, 0.15) is 0 Å². The molecule has 0 aromatic carbocycles. The molecule has 4 nitrogen and oxygen atoms in total. The molecular formula is C11H17N3O. The minimum atomic E-state index is 0.0546. The molecule has 3 N–H and O–H groups in total. The maximum atomic E-state index is 5.72. The van der Waals surface area contributed by atoms with Crippen LogP contribution < -0.4 is 11.3 Å². The van der Waals surface area contributed by atoms with Gasteiger partial charge in [0.2, 0.25) is 0 Å². The number of rotatable bonds is 3. The molecule has 1 aromatic heterocycles. The molecule has 1 saturated heterocycles. The Morgan fingerprint density at radius 2 is 2.47 bits per heavy atom. The van der Waals surface area contributed by atoms with Crippen molar-refractivity contribution in [3.05, 3.63) is 30.1 Å². The molecule has 0 aliphatic carbocycles. The summed E-state index contributed by atoms with van der Waals surface area (Å²) in [6.45, 7) is 0.836. The van der Waals surface area contributed by atoms with Gasteiger partial charge in [-0.3, -0.25) is 16.3 Å². The van der Waals surface area contributed by atoms with Crippen molar-refractivity contribution in [2.75, 3.05) is 6.61 Å². The fourth-order valence-corrected chi connectivity index (χ4v) is 2.01. The Labute approximate surface area is 89.8 Å². The number of pyridine rings is 1. The summed E-state index contributed by atoms with van der Waals surface area (Å²) in [5.74, 6) is 5.58. The number of hydrazine groups is 1. The zero-order valence-corrected chi connectivity index (χ0v) is 8.73. The molecule has 82 valence electrons. The molecule has 0 saturated carbocycles. The molecule has 0 amide bonds.